The predicted octanol–water partition coefficient (Wildman–Crippen LogP) is 4.58. The second-order valence-electron chi connectivity index (χ2n) is 5.01. The van der Waals surface area contributed by atoms with Crippen LogP contribution in [0, 0.1) is 0 Å². The minimum atomic E-state index is -0.879. The lowest BCUT2D eigenvalue weighted by Gasteiger charge is -1.88. The third-order valence-electron chi connectivity index (χ3n) is 3.06. The van der Waals surface area contributed by atoms with Crippen molar-refractivity contribution in [2.75, 3.05) is 0 Å². The Morgan fingerprint density at radius 2 is 0.607 bits per heavy atom. The Balaban J connectivity index is 0.000000384. The fourth-order valence-corrected chi connectivity index (χ4v) is 1.74. The van der Waals surface area contributed by atoms with Crippen molar-refractivity contribution in [2.45, 2.75) is 0 Å². The zero-order valence-corrected chi connectivity index (χ0v) is 15.5. The molecule has 0 amide bonds. The Morgan fingerprint density at radius 3 is 0.714 bits per heavy atom. The Morgan fingerprint density at radius 1 is 0.429 bits per heavy atom. The van der Waals surface area contributed by atoms with Crippen molar-refractivity contribution >= 4 is 30.3 Å². The van der Waals surface area contributed by atoms with Crippen LogP contribution >= 0.6 is 12.4 Å². The molecule has 0 heterocycles. The highest BCUT2D eigenvalue weighted by molar-refractivity contribution is 5.88. The molecule has 0 saturated carbocycles. The first-order valence-corrected chi connectivity index (χ1v) is 7.77. The van der Waals surface area contributed by atoms with E-state index in [0.29, 0.717) is 16.7 Å². The summed E-state index contributed by atoms with van der Waals surface area (Å²) < 4.78 is 0. The fourth-order valence-electron chi connectivity index (χ4n) is 1.74. The standard InChI is InChI=1S/3C7H6O2.ClH/c3*8-7(9)6-4-2-1-3-5-6;/h3*1-5H,(H,8,9);1H. The van der Waals surface area contributed by atoms with Gasteiger partial charge in [-0.3, -0.25) is 0 Å². The number of carboxylic acid groups (broad SMARTS) is 3. The summed E-state index contributed by atoms with van der Waals surface area (Å²) in [6, 6.07) is 24.9. The molecule has 3 N–H and O–H groups in total. The van der Waals surface area contributed by atoms with Crippen LogP contribution in [0.25, 0.3) is 0 Å². The Labute approximate surface area is 168 Å². The summed E-state index contributed by atoms with van der Waals surface area (Å²) >= 11 is 0. The SMILES string of the molecule is Cl.O=C(O)c1ccccc1.O=C(O)c1ccccc1.O=C(O)c1ccccc1. The molecule has 0 spiro atoms. The maximum Gasteiger partial charge on any atom is 0.335 e. The van der Waals surface area contributed by atoms with Crippen LogP contribution in [0.4, 0.5) is 0 Å². The molecule has 0 aliphatic heterocycles. The molecule has 7 heteroatoms. The van der Waals surface area contributed by atoms with E-state index in [2.05, 4.69) is 0 Å². The number of benzene rings is 3. The van der Waals surface area contributed by atoms with Crippen LogP contribution in [0.1, 0.15) is 31.1 Å². The molecule has 3 aromatic carbocycles. The molecule has 0 aliphatic carbocycles. The number of hydrogen-bond acceptors (Lipinski definition) is 3. The van der Waals surface area contributed by atoms with E-state index in [9.17, 15) is 14.4 Å². The lowest BCUT2D eigenvalue weighted by molar-refractivity contribution is 0.0686. The minimum Gasteiger partial charge on any atom is -0.478 e. The van der Waals surface area contributed by atoms with Gasteiger partial charge < -0.3 is 15.3 Å². The molecule has 146 valence electrons. The van der Waals surface area contributed by atoms with E-state index in [1.807, 2.05) is 0 Å². The molecular weight excluding hydrogens is 384 g/mol. The highest BCUT2D eigenvalue weighted by Crippen LogP contribution is 1.97. The first-order valence-electron chi connectivity index (χ1n) is 7.77. The van der Waals surface area contributed by atoms with Crippen molar-refractivity contribution in [1.29, 1.82) is 0 Å². The minimum absolute atomic E-state index is 0. The Hall–Kier alpha value is -3.64. The largest absolute Gasteiger partial charge is 0.478 e. The molecule has 0 radical (unpaired) electrons. The lowest BCUT2D eigenvalue weighted by atomic mass is 10.2. The number of aromatic carboxylic acids is 3. The summed E-state index contributed by atoms with van der Waals surface area (Å²) in [7, 11) is 0. The van der Waals surface area contributed by atoms with Gasteiger partial charge in [0.1, 0.15) is 0 Å². The van der Waals surface area contributed by atoms with Crippen molar-refractivity contribution in [2.24, 2.45) is 0 Å². The van der Waals surface area contributed by atoms with Gasteiger partial charge in [-0.1, -0.05) is 54.6 Å². The molecular formula is C21H19ClO6. The molecule has 0 bridgehead atoms. The van der Waals surface area contributed by atoms with Gasteiger partial charge >= 0.3 is 17.9 Å². The van der Waals surface area contributed by atoms with Gasteiger partial charge in [0.25, 0.3) is 0 Å². The van der Waals surface area contributed by atoms with Gasteiger partial charge in [-0.05, 0) is 36.4 Å². The van der Waals surface area contributed by atoms with Crippen molar-refractivity contribution in [3.05, 3.63) is 108 Å². The van der Waals surface area contributed by atoms with Gasteiger partial charge in [-0.15, -0.1) is 12.4 Å². The lowest BCUT2D eigenvalue weighted by Crippen LogP contribution is -1.93. The zero-order chi connectivity index (χ0) is 20.1. The van der Waals surface area contributed by atoms with Crippen LogP contribution in [0.3, 0.4) is 0 Å². The summed E-state index contributed by atoms with van der Waals surface area (Å²) in [6.45, 7) is 0. The molecule has 0 aromatic heterocycles. The van der Waals surface area contributed by atoms with E-state index >= 15 is 0 Å². The van der Waals surface area contributed by atoms with Gasteiger partial charge in [0.2, 0.25) is 0 Å². The van der Waals surface area contributed by atoms with Gasteiger partial charge in [0.05, 0.1) is 16.7 Å². The van der Waals surface area contributed by atoms with E-state index in [0.717, 1.165) is 0 Å². The van der Waals surface area contributed by atoms with E-state index in [-0.39, 0.29) is 12.4 Å². The summed E-state index contributed by atoms with van der Waals surface area (Å²) in [5, 5.41) is 25.2. The average molecular weight is 403 g/mol. The van der Waals surface area contributed by atoms with Gasteiger partial charge in [0, 0.05) is 0 Å². The second-order valence-corrected chi connectivity index (χ2v) is 5.01. The molecule has 3 aromatic rings. The molecule has 0 saturated heterocycles. The number of carboxylic acids is 3. The second kappa shape index (κ2) is 13.5. The molecule has 28 heavy (non-hydrogen) atoms. The van der Waals surface area contributed by atoms with E-state index in [1.165, 1.54) is 0 Å². The van der Waals surface area contributed by atoms with Crippen LogP contribution in [0.5, 0.6) is 0 Å². The van der Waals surface area contributed by atoms with Gasteiger partial charge in [-0.25, -0.2) is 14.4 Å². The van der Waals surface area contributed by atoms with Gasteiger partial charge in [-0.2, -0.15) is 0 Å². The maximum atomic E-state index is 10.2. The number of carbonyl (C=O) groups is 3. The average Bonchev–Trinajstić information content (AvgIpc) is 2.71. The van der Waals surface area contributed by atoms with E-state index in [4.69, 9.17) is 15.3 Å². The zero-order valence-electron chi connectivity index (χ0n) is 14.6. The summed E-state index contributed by atoms with van der Waals surface area (Å²) in [6.07, 6.45) is 0. The van der Waals surface area contributed by atoms with Crippen LogP contribution in [0.2, 0.25) is 0 Å². The van der Waals surface area contributed by atoms with Crippen molar-refractivity contribution in [1.82, 2.24) is 0 Å². The summed E-state index contributed by atoms with van der Waals surface area (Å²) in [5.74, 6) is -2.64. The monoisotopic (exact) mass is 402 g/mol. The van der Waals surface area contributed by atoms with Crippen LogP contribution in [-0.2, 0) is 0 Å². The molecule has 0 aliphatic rings. The molecule has 0 unspecified atom stereocenters. The third kappa shape index (κ3) is 9.74. The van der Waals surface area contributed by atoms with Crippen molar-refractivity contribution in [3.63, 3.8) is 0 Å². The topological polar surface area (TPSA) is 112 Å². The first kappa shape index (κ1) is 24.4. The van der Waals surface area contributed by atoms with E-state index in [1.54, 1.807) is 91.0 Å². The Bertz CT molecular complexity index is 734. The molecule has 0 fully saturated rings. The quantitative estimate of drug-likeness (QED) is 0.591. The Kier molecular flexibility index (Phi) is 11.8. The van der Waals surface area contributed by atoms with Crippen LogP contribution < -0.4 is 0 Å². The highest BCUT2D eigenvalue weighted by atomic mass is 35.5. The number of hydrogen-bond donors (Lipinski definition) is 3. The molecule has 6 nitrogen and oxygen atoms in total. The third-order valence-corrected chi connectivity index (χ3v) is 3.06. The number of halogens is 1. The first-order chi connectivity index (χ1) is 12.9. The van der Waals surface area contributed by atoms with Crippen molar-refractivity contribution < 1.29 is 29.7 Å². The van der Waals surface area contributed by atoms with Crippen molar-refractivity contribution in [3.8, 4) is 0 Å². The predicted molar refractivity (Wildman–Crippen MR) is 107 cm³/mol. The smallest absolute Gasteiger partial charge is 0.335 e. The fraction of sp³-hybridized carbons (Fsp3) is 0. The highest BCUT2D eigenvalue weighted by Gasteiger charge is 1.98. The van der Waals surface area contributed by atoms with Crippen LogP contribution in [0.15, 0.2) is 91.0 Å². The summed E-state index contributed by atoms with van der Waals surface area (Å²) in [4.78, 5) is 30.6. The molecule has 0 atom stereocenters. The van der Waals surface area contributed by atoms with E-state index < -0.39 is 17.9 Å². The summed E-state index contributed by atoms with van der Waals surface area (Å²) in [5.41, 5.74) is 0.993. The normalized spacial score (nSPS) is 8.57. The van der Waals surface area contributed by atoms with Gasteiger partial charge in [0.15, 0.2) is 0 Å². The maximum absolute atomic E-state index is 10.2. The van der Waals surface area contributed by atoms with Crippen LogP contribution in [-0.4, -0.2) is 33.2 Å². The number of rotatable bonds is 3. The molecule has 3 rings (SSSR count).